The molecule has 0 aliphatic carbocycles. The zero-order chi connectivity index (χ0) is 13.8. The number of benzene rings is 2. The molecule has 100 valence electrons. The lowest BCUT2D eigenvalue weighted by molar-refractivity contribution is 0.663. The summed E-state index contributed by atoms with van der Waals surface area (Å²) < 4.78 is 0. The molecule has 3 heteroatoms. The largest absolute Gasteiger partial charge is 0.327 e. The molecular weight excluding hydrogens is 277 g/mol. The summed E-state index contributed by atoms with van der Waals surface area (Å²) in [5.41, 5.74) is 9.79. The fraction of sp³-hybridized carbons (Fsp3) is 0.250. The van der Waals surface area contributed by atoms with Crippen molar-refractivity contribution in [2.24, 2.45) is 5.73 Å². The summed E-state index contributed by atoms with van der Waals surface area (Å²) in [6.07, 6.45) is 1.57. The summed E-state index contributed by atoms with van der Waals surface area (Å²) in [7, 11) is 0. The highest BCUT2D eigenvalue weighted by molar-refractivity contribution is 6.42. The molecule has 0 bridgehead atoms. The van der Waals surface area contributed by atoms with Crippen molar-refractivity contribution in [3.8, 4) is 0 Å². The van der Waals surface area contributed by atoms with Gasteiger partial charge >= 0.3 is 0 Å². The van der Waals surface area contributed by atoms with Gasteiger partial charge in [-0.25, -0.2) is 0 Å². The quantitative estimate of drug-likeness (QED) is 0.887. The molecule has 2 aromatic rings. The highest BCUT2D eigenvalue weighted by Crippen LogP contribution is 2.26. The van der Waals surface area contributed by atoms with E-state index < -0.39 is 0 Å². The van der Waals surface area contributed by atoms with Gasteiger partial charge in [-0.2, -0.15) is 0 Å². The lowest BCUT2D eigenvalue weighted by Gasteiger charge is -2.14. The molecule has 0 radical (unpaired) electrons. The van der Waals surface area contributed by atoms with Crippen LogP contribution in [-0.2, 0) is 12.8 Å². The Hall–Kier alpha value is -1.02. The fourth-order valence-corrected chi connectivity index (χ4v) is 2.58. The van der Waals surface area contributed by atoms with E-state index in [-0.39, 0.29) is 6.04 Å². The van der Waals surface area contributed by atoms with Crippen LogP contribution in [0.3, 0.4) is 0 Å². The summed E-state index contributed by atoms with van der Waals surface area (Å²) in [5, 5.41) is 1.20. The zero-order valence-corrected chi connectivity index (χ0v) is 12.4. The van der Waals surface area contributed by atoms with Gasteiger partial charge in [-0.15, -0.1) is 0 Å². The van der Waals surface area contributed by atoms with E-state index >= 15 is 0 Å². The van der Waals surface area contributed by atoms with Crippen LogP contribution in [-0.4, -0.2) is 6.04 Å². The summed E-state index contributed by atoms with van der Waals surface area (Å²) in [4.78, 5) is 0. The summed E-state index contributed by atoms with van der Waals surface area (Å²) in [6.45, 7) is 2.11. The number of hydrogen-bond donors (Lipinski definition) is 1. The Balaban J connectivity index is 2.08. The number of hydrogen-bond acceptors (Lipinski definition) is 1. The van der Waals surface area contributed by atoms with Gasteiger partial charge in [-0.3, -0.25) is 0 Å². The van der Waals surface area contributed by atoms with Crippen LogP contribution in [0, 0.1) is 6.92 Å². The van der Waals surface area contributed by atoms with Gasteiger partial charge in [0.05, 0.1) is 10.0 Å². The third kappa shape index (κ3) is 3.73. The first-order chi connectivity index (χ1) is 9.08. The monoisotopic (exact) mass is 293 g/mol. The van der Waals surface area contributed by atoms with Crippen molar-refractivity contribution < 1.29 is 0 Å². The van der Waals surface area contributed by atoms with Crippen molar-refractivity contribution in [1.29, 1.82) is 0 Å². The van der Waals surface area contributed by atoms with E-state index in [9.17, 15) is 0 Å². The summed E-state index contributed by atoms with van der Waals surface area (Å²) in [5.74, 6) is 0. The third-order valence-electron chi connectivity index (χ3n) is 3.26. The van der Waals surface area contributed by atoms with Gasteiger partial charge in [0.25, 0.3) is 0 Å². The molecule has 2 aromatic carbocycles. The highest BCUT2D eigenvalue weighted by atomic mass is 35.5. The van der Waals surface area contributed by atoms with Crippen LogP contribution >= 0.6 is 23.2 Å². The molecule has 19 heavy (non-hydrogen) atoms. The molecule has 0 aromatic heterocycles. The van der Waals surface area contributed by atoms with Crippen molar-refractivity contribution in [3.05, 3.63) is 69.2 Å². The Bertz CT molecular complexity index is 566. The Morgan fingerprint density at radius 3 is 2.32 bits per heavy atom. The van der Waals surface area contributed by atoms with Gasteiger partial charge in [0.15, 0.2) is 0 Å². The normalized spacial score (nSPS) is 12.4. The minimum Gasteiger partial charge on any atom is -0.327 e. The third-order valence-corrected chi connectivity index (χ3v) is 4.12. The maximum atomic E-state index is 6.22. The molecule has 0 heterocycles. The Kier molecular flexibility index (Phi) is 4.87. The van der Waals surface area contributed by atoms with Gasteiger partial charge in [0, 0.05) is 6.04 Å². The zero-order valence-electron chi connectivity index (χ0n) is 10.9. The molecule has 0 saturated heterocycles. The molecule has 2 rings (SSSR count). The average Bonchev–Trinajstić information content (AvgIpc) is 2.38. The van der Waals surface area contributed by atoms with E-state index in [1.165, 1.54) is 11.1 Å². The maximum absolute atomic E-state index is 6.22. The van der Waals surface area contributed by atoms with Crippen LogP contribution in [0.5, 0.6) is 0 Å². The van der Waals surface area contributed by atoms with Crippen LogP contribution in [0.4, 0.5) is 0 Å². The van der Waals surface area contributed by atoms with Crippen LogP contribution in [0.15, 0.2) is 42.5 Å². The minimum absolute atomic E-state index is 0.0390. The second-order valence-electron chi connectivity index (χ2n) is 4.81. The number of aryl methyl sites for hydroxylation is 1. The molecule has 1 atom stereocenters. The molecule has 0 amide bonds. The fourth-order valence-electron chi connectivity index (χ4n) is 2.18. The maximum Gasteiger partial charge on any atom is 0.0624 e. The first-order valence-electron chi connectivity index (χ1n) is 6.31. The number of rotatable bonds is 4. The van der Waals surface area contributed by atoms with E-state index in [0.29, 0.717) is 10.0 Å². The van der Waals surface area contributed by atoms with E-state index in [1.807, 2.05) is 24.3 Å². The van der Waals surface area contributed by atoms with Gasteiger partial charge in [0.2, 0.25) is 0 Å². The predicted octanol–water partition coefficient (Wildman–Crippen LogP) is 4.41. The molecule has 0 aliphatic heterocycles. The number of nitrogens with two attached hydrogens (primary N) is 1. The summed E-state index contributed by atoms with van der Waals surface area (Å²) in [6, 6.07) is 14.0. The second-order valence-corrected chi connectivity index (χ2v) is 5.59. The van der Waals surface area contributed by atoms with Crippen LogP contribution in [0.25, 0.3) is 0 Å². The van der Waals surface area contributed by atoms with Crippen molar-refractivity contribution >= 4 is 23.2 Å². The lowest BCUT2D eigenvalue weighted by Crippen LogP contribution is -2.26. The average molecular weight is 294 g/mol. The van der Waals surface area contributed by atoms with Gasteiger partial charge in [-0.05, 0) is 42.5 Å². The van der Waals surface area contributed by atoms with E-state index in [4.69, 9.17) is 28.9 Å². The lowest BCUT2D eigenvalue weighted by atomic mass is 9.97. The van der Waals surface area contributed by atoms with Gasteiger partial charge in [0.1, 0.15) is 0 Å². The first-order valence-corrected chi connectivity index (χ1v) is 7.06. The molecule has 0 spiro atoms. The Labute approximate surface area is 124 Å². The minimum atomic E-state index is 0.0390. The smallest absolute Gasteiger partial charge is 0.0624 e. The number of halogens is 2. The van der Waals surface area contributed by atoms with Crippen LogP contribution in [0.1, 0.15) is 16.7 Å². The van der Waals surface area contributed by atoms with E-state index in [2.05, 4.69) is 19.1 Å². The van der Waals surface area contributed by atoms with Crippen molar-refractivity contribution in [3.63, 3.8) is 0 Å². The standard InChI is InChI=1S/C16H17Cl2N/c1-11-5-2-3-6-12(11)9-14(19)10-13-7-4-8-15(17)16(13)18/h2-8,14H,9-10,19H2,1H3. The molecule has 0 aliphatic rings. The van der Waals surface area contributed by atoms with E-state index in [1.54, 1.807) is 6.07 Å². The molecule has 1 nitrogen and oxygen atoms in total. The highest BCUT2D eigenvalue weighted by Gasteiger charge is 2.11. The van der Waals surface area contributed by atoms with E-state index in [0.717, 1.165) is 18.4 Å². The molecule has 0 fully saturated rings. The Morgan fingerprint density at radius 1 is 0.947 bits per heavy atom. The first kappa shape index (κ1) is 14.4. The van der Waals surface area contributed by atoms with Crippen molar-refractivity contribution in [1.82, 2.24) is 0 Å². The second kappa shape index (κ2) is 6.42. The van der Waals surface area contributed by atoms with Gasteiger partial charge < -0.3 is 5.73 Å². The molecule has 0 saturated carbocycles. The van der Waals surface area contributed by atoms with Crippen LogP contribution in [0.2, 0.25) is 10.0 Å². The van der Waals surface area contributed by atoms with Crippen molar-refractivity contribution in [2.45, 2.75) is 25.8 Å². The Morgan fingerprint density at radius 2 is 1.58 bits per heavy atom. The molecule has 2 N–H and O–H groups in total. The predicted molar refractivity (Wildman–Crippen MR) is 83.0 cm³/mol. The SMILES string of the molecule is Cc1ccccc1CC(N)Cc1cccc(Cl)c1Cl. The van der Waals surface area contributed by atoms with Crippen molar-refractivity contribution in [2.75, 3.05) is 0 Å². The topological polar surface area (TPSA) is 26.0 Å². The van der Waals surface area contributed by atoms with Gasteiger partial charge in [-0.1, -0.05) is 59.6 Å². The molecule has 1 unspecified atom stereocenters. The molecular formula is C16H17Cl2N. The van der Waals surface area contributed by atoms with Crippen LogP contribution < -0.4 is 5.73 Å². The summed E-state index contributed by atoms with van der Waals surface area (Å²) >= 11 is 12.2.